The molecular weight excluding hydrogens is 333 g/mol. The third kappa shape index (κ3) is 3.33. The molecule has 1 N–H and O–H groups in total. The number of nitrogens with one attached hydrogen (secondary N) is 1. The first-order valence-corrected chi connectivity index (χ1v) is 6.67. The fourth-order valence-electron chi connectivity index (χ4n) is 1.57. The van der Waals surface area contributed by atoms with E-state index in [4.69, 9.17) is 11.6 Å². The van der Waals surface area contributed by atoms with Crippen LogP contribution in [0.1, 0.15) is 15.9 Å². The molecule has 19 heavy (non-hydrogen) atoms. The van der Waals surface area contributed by atoms with Crippen molar-refractivity contribution in [2.45, 2.75) is 6.92 Å². The highest BCUT2D eigenvalue weighted by atomic mass is 79.9. The minimum absolute atomic E-state index is 0.327. The van der Waals surface area contributed by atoms with E-state index >= 15 is 0 Å². The van der Waals surface area contributed by atoms with Gasteiger partial charge in [0.05, 0.1) is 10.7 Å². The first-order valence-electron chi connectivity index (χ1n) is 5.50. The van der Waals surface area contributed by atoms with Crippen molar-refractivity contribution in [1.82, 2.24) is 0 Å². The van der Waals surface area contributed by atoms with Crippen molar-refractivity contribution >= 4 is 39.1 Å². The number of benzene rings is 2. The molecule has 0 aliphatic heterocycles. The molecule has 0 aliphatic carbocycles. The normalized spacial score (nSPS) is 10.3. The zero-order chi connectivity index (χ0) is 14.0. The maximum absolute atomic E-state index is 13.1. The second-order valence-electron chi connectivity index (χ2n) is 4.04. The third-order valence-corrected chi connectivity index (χ3v) is 3.41. The summed E-state index contributed by atoms with van der Waals surface area (Å²) in [5.74, 6) is -0.662. The molecule has 0 heterocycles. The molecule has 0 saturated carbocycles. The summed E-state index contributed by atoms with van der Waals surface area (Å²) in [6, 6.07) is 9.36. The van der Waals surface area contributed by atoms with Crippen LogP contribution in [0, 0.1) is 12.7 Å². The first-order chi connectivity index (χ1) is 8.97. The van der Waals surface area contributed by atoms with Gasteiger partial charge in [-0.2, -0.15) is 0 Å². The molecule has 2 nitrogen and oxygen atoms in total. The van der Waals surface area contributed by atoms with Gasteiger partial charge >= 0.3 is 0 Å². The van der Waals surface area contributed by atoms with Crippen molar-refractivity contribution in [2.24, 2.45) is 0 Å². The molecule has 2 aromatic rings. The third-order valence-electron chi connectivity index (χ3n) is 2.60. The van der Waals surface area contributed by atoms with Crippen molar-refractivity contribution < 1.29 is 9.18 Å². The molecule has 1 amide bonds. The lowest BCUT2D eigenvalue weighted by atomic mass is 10.1. The molecule has 0 unspecified atom stereocenters. The average Bonchev–Trinajstić information content (AvgIpc) is 2.36. The molecule has 0 atom stereocenters. The first kappa shape index (κ1) is 14.0. The second kappa shape index (κ2) is 5.72. The summed E-state index contributed by atoms with van der Waals surface area (Å²) < 4.78 is 14.0. The van der Waals surface area contributed by atoms with E-state index in [9.17, 15) is 9.18 Å². The van der Waals surface area contributed by atoms with Crippen LogP contribution < -0.4 is 5.32 Å². The Labute approximate surface area is 123 Å². The van der Waals surface area contributed by atoms with Gasteiger partial charge < -0.3 is 5.32 Å². The lowest BCUT2D eigenvalue weighted by Gasteiger charge is -2.08. The lowest BCUT2D eigenvalue weighted by Crippen LogP contribution is -2.12. The lowest BCUT2D eigenvalue weighted by molar-refractivity contribution is 0.102. The standard InChI is InChI=1S/C14H10BrClFNO/c1-8-6-9(2-4-12(8)17)14(19)18-13-5-3-10(15)7-11(13)16/h2-7H,1H3,(H,18,19). The van der Waals surface area contributed by atoms with Crippen LogP contribution in [0.15, 0.2) is 40.9 Å². The molecule has 2 rings (SSSR count). The van der Waals surface area contributed by atoms with Crippen LogP contribution in [0.3, 0.4) is 0 Å². The van der Waals surface area contributed by atoms with Crippen molar-refractivity contribution in [3.63, 3.8) is 0 Å². The van der Waals surface area contributed by atoms with Gasteiger partial charge in [-0.3, -0.25) is 4.79 Å². The van der Waals surface area contributed by atoms with Crippen molar-refractivity contribution in [2.75, 3.05) is 5.32 Å². The van der Waals surface area contributed by atoms with E-state index in [2.05, 4.69) is 21.2 Å². The van der Waals surface area contributed by atoms with Gasteiger partial charge in [0.25, 0.3) is 5.91 Å². The van der Waals surface area contributed by atoms with E-state index in [0.717, 1.165) is 4.47 Å². The highest BCUT2D eigenvalue weighted by molar-refractivity contribution is 9.10. The minimum Gasteiger partial charge on any atom is -0.321 e. The Kier molecular flexibility index (Phi) is 4.22. The number of aryl methyl sites for hydroxylation is 1. The minimum atomic E-state index is -0.335. The number of carbonyl (C=O) groups is 1. The van der Waals surface area contributed by atoms with Crippen LogP contribution in [0.2, 0.25) is 5.02 Å². The average molecular weight is 343 g/mol. The zero-order valence-corrected chi connectivity index (χ0v) is 12.3. The molecule has 98 valence electrons. The van der Waals surface area contributed by atoms with Gasteiger partial charge in [-0.25, -0.2) is 4.39 Å². The fourth-order valence-corrected chi connectivity index (χ4v) is 2.29. The SMILES string of the molecule is Cc1cc(C(=O)Nc2ccc(Br)cc2Cl)ccc1F. The second-order valence-corrected chi connectivity index (χ2v) is 5.37. The maximum Gasteiger partial charge on any atom is 0.255 e. The van der Waals surface area contributed by atoms with Crippen molar-refractivity contribution in [3.8, 4) is 0 Å². The number of hydrogen-bond donors (Lipinski definition) is 1. The quantitative estimate of drug-likeness (QED) is 0.834. The van der Waals surface area contributed by atoms with Crippen LogP contribution in [-0.4, -0.2) is 5.91 Å². The van der Waals surface area contributed by atoms with Crippen LogP contribution >= 0.6 is 27.5 Å². The summed E-state index contributed by atoms with van der Waals surface area (Å²) >= 11 is 9.30. The highest BCUT2D eigenvalue weighted by Crippen LogP contribution is 2.26. The van der Waals surface area contributed by atoms with Gasteiger partial charge in [-0.1, -0.05) is 27.5 Å². The van der Waals surface area contributed by atoms with E-state index in [1.165, 1.54) is 18.2 Å². The van der Waals surface area contributed by atoms with Crippen molar-refractivity contribution in [3.05, 3.63) is 62.8 Å². The fraction of sp³-hybridized carbons (Fsp3) is 0.0714. The Balaban J connectivity index is 2.23. The monoisotopic (exact) mass is 341 g/mol. The van der Waals surface area contributed by atoms with Gasteiger partial charge in [-0.15, -0.1) is 0 Å². The summed E-state index contributed by atoms with van der Waals surface area (Å²) in [5, 5.41) is 3.12. The molecule has 5 heteroatoms. The van der Waals surface area contributed by atoms with Crippen molar-refractivity contribution in [1.29, 1.82) is 0 Å². The van der Waals surface area contributed by atoms with Crippen LogP contribution in [0.5, 0.6) is 0 Å². The molecule has 0 radical (unpaired) electrons. The summed E-state index contributed by atoms with van der Waals surface area (Å²) in [6.45, 7) is 1.61. The summed E-state index contributed by atoms with van der Waals surface area (Å²) in [4.78, 5) is 12.0. The molecule has 0 spiro atoms. The molecule has 0 aliphatic rings. The van der Waals surface area contributed by atoms with Crippen LogP contribution in [0.25, 0.3) is 0 Å². The molecule has 0 bridgehead atoms. The van der Waals surface area contributed by atoms with E-state index in [0.29, 0.717) is 21.8 Å². The number of carbonyl (C=O) groups excluding carboxylic acids is 1. The van der Waals surface area contributed by atoms with Gasteiger partial charge in [0.15, 0.2) is 0 Å². The van der Waals surface area contributed by atoms with Gasteiger partial charge in [0, 0.05) is 10.0 Å². The Morgan fingerprint density at radius 2 is 2.00 bits per heavy atom. The Hall–Kier alpha value is -1.39. The predicted octanol–water partition coefficient (Wildman–Crippen LogP) is 4.80. The van der Waals surface area contributed by atoms with E-state index in [1.807, 2.05) is 0 Å². The molecule has 2 aromatic carbocycles. The topological polar surface area (TPSA) is 29.1 Å². The van der Waals surface area contributed by atoms with E-state index < -0.39 is 0 Å². The number of halogens is 3. The van der Waals surface area contributed by atoms with Gasteiger partial charge in [0.2, 0.25) is 0 Å². The molecule has 0 aromatic heterocycles. The van der Waals surface area contributed by atoms with E-state index in [-0.39, 0.29) is 11.7 Å². The largest absolute Gasteiger partial charge is 0.321 e. The smallest absolute Gasteiger partial charge is 0.255 e. The number of amides is 1. The zero-order valence-electron chi connectivity index (χ0n) is 10.0. The Bertz CT molecular complexity index is 645. The summed E-state index contributed by atoms with van der Waals surface area (Å²) in [7, 11) is 0. The Morgan fingerprint density at radius 3 is 2.63 bits per heavy atom. The summed E-state index contributed by atoms with van der Waals surface area (Å²) in [6.07, 6.45) is 0. The molecule has 0 saturated heterocycles. The van der Waals surface area contributed by atoms with E-state index in [1.54, 1.807) is 25.1 Å². The van der Waals surface area contributed by atoms with Crippen LogP contribution in [-0.2, 0) is 0 Å². The highest BCUT2D eigenvalue weighted by Gasteiger charge is 2.10. The number of hydrogen-bond acceptors (Lipinski definition) is 1. The van der Waals surface area contributed by atoms with Crippen LogP contribution in [0.4, 0.5) is 10.1 Å². The molecule has 0 fully saturated rings. The summed E-state index contributed by atoms with van der Waals surface area (Å²) in [5.41, 5.74) is 1.32. The van der Waals surface area contributed by atoms with Gasteiger partial charge in [0.1, 0.15) is 5.82 Å². The predicted molar refractivity (Wildman–Crippen MR) is 78.2 cm³/mol. The maximum atomic E-state index is 13.1. The van der Waals surface area contributed by atoms with Gasteiger partial charge in [-0.05, 0) is 48.9 Å². The molecular formula is C14H10BrClFNO. The number of rotatable bonds is 2. The Morgan fingerprint density at radius 1 is 1.26 bits per heavy atom. The number of anilines is 1.